The predicted molar refractivity (Wildman–Crippen MR) is 219 cm³/mol. The van der Waals surface area contributed by atoms with Gasteiger partial charge in [-0.25, -0.2) is 19.2 Å². The van der Waals surface area contributed by atoms with Gasteiger partial charge in [-0.2, -0.15) is 4.37 Å². The van der Waals surface area contributed by atoms with E-state index >= 15 is 0 Å². The summed E-state index contributed by atoms with van der Waals surface area (Å²) in [5.41, 5.74) is -0.622. The van der Waals surface area contributed by atoms with Crippen LogP contribution in [0.2, 0.25) is 0 Å². The summed E-state index contributed by atoms with van der Waals surface area (Å²) in [6.45, 7) is 14.1. The van der Waals surface area contributed by atoms with Gasteiger partial charge in [0.25, 0.3) is 5.88 Å². The van der Waals surface area contributed by atoms with E-state index in [4.69, 9.17) is 33.2 Å². The summed E-state index contributed by atoms with van der Waals surface area (Å²) in [5.74, 6) is -4.05. The average Bonchev–Trinajstić information content (AvgIpc) is 3.66. The molecule has 2 heterocycles. The molecule has 2 rings (SSSR count). The summed E-state index contributed by atoms with van der Waals surface area (Å²) in [5, 5.41) is 0. The number of aromatic nitrogens is 2. The first-order valence-corrected chi connectivity index (χ1v) is 21.8. The van der Waals surface area contributed by atoms with E-state index in [2.05, 4.69) is 15.7 Å². The Morgan fingerprint density at radius 2 is 1.25 bits per heavy atom. The number of nitrogens with zero attached hydrogens (tertiary/aromatic N) is 4. The first kappa shape index (κ1) is 51.1. The second-order valence-corrected chi connectivity index (χ2v) is 16.3. The first-order valence-electron chi connectivity index (χ1n) is 21.1. The van der Waals surface area contributed by atoms with Gasteiger partial charge in [0.05, 0.1) is 31.5 Å². The van der Waals surface area contributed by atoms with Gasteiger partial charge in [0, 0.05) is 32.0 Å². The number of anilines is 1. The number of amides is 1. The first-order chi connectivity index (χ1) is 28.0. The third-order valence-corrected chi connectivity index (χ3v) is 9.99. The van der Waals surface area contributed by atoms with Crippen LogP contribution in [0.15, 0.2) is 0 Å². The fraction of sp³-hybridized carbons (Fsp3) is 0.805. The highest BCUT2D eigenvalue weighted by Crippen LogP contribution is 2.27. The number of unbranched alkanes of at least 4 members (excludes halogenated alkanes) is 11. The second-order valence-electron chi connectivity index (χ2n) is 15.8. The highest BCUT2D eigenvalue weighted by molar-refractivity contribution is 6.99. The predicted octanol–water partition coefficient (Wildman–Crippen LogP) is 5.74. The Balaban J connectivity index is 1.76. The molecule has 1 aliphatic rings. The van der Waals surface area contributed by atoms with Crippen molar-refractivity contribution in [1.82, 2.24) is 13.6 Å². The van der Waals surface area contributed by atoms with Crippen molar-refractivity contribution < 1.29 is 61.9 Å². The molecule has 336 valence electrons. The van der Waals surface area contributed by atoms with Gasteiger partial charge in [0.2, 0.25) is 11.7 Å². The number of hydrogen-bond donors (Lipinski definition) is 0. The van der Waals surface area contributed by atoms with E-state index in [1.165, 1.54) is 84.0 Å². The number of hydrogen-bond acceptors (Lipinski definition) is 17. The van der Waals surface area contributed by atoms with E-state index in [1.54, 1.807) is 0 Å². The largest absolute Gasteiger partial charge is 0.470 e. The van der Waals surface area contributed by atoms with Crippen molar-refractivity contribution in [1.29, 1.82) is 0 Å². The lowest BCUT2D eigenvalue weighted by molar-refractivity contribution is -0.183. The van der Waals surface area contributed by atoms with Gasteiger partial charge in [-0.05, 0) is 48.0 Å². The molecule has 1 saturated heterocycles. The molecule has 0 radical (unpaired) electrons. The van der Waals surface area contributed by atoms with Crippen LogP contribution in [-0.2, 0) is 57.2 Å². The number of carbonyl (C=O) groups is 6. The van der Waals surface area contributed by atoms with Crippen LogP contribution in [0.5, 0.6) is 5.88 Å². The van der Waals surface area contributed by atoms with E-state index < -0.39 is 66.4 Å². The van der Waals surface area contributed by atoms with E-state index in [9.17, 15) is 28.8 Å². The number of morpholine rings is 1. The van der Waals surface area contributed by atoms with E-state index in [0.29, 0.717) is 38.5 Å². The number of ether oxygens (including phenoxy) is 7. The maximum Gasteiger partial charge on any atom is 0.347 e. The molecule has 0 bridgehead atoms. The molecule has 1 aromatic rings. The smallest absolute Gasteiger partial charge is 0.347 e. The van der Waals surface area contributed by atoms with Crippen molar-refractivity contribution in [3.05, 3.63) is 0 Å². The SMILES string of the molecule is CCCCCCCCCCCCCCC(=O)O[C@@H](C)C(=O)O[C@@H](C)C(=O)O[C@@H](C)C(=O)OCC(=O)O[C@H](COc1nsnc1N1CCOCC1)CN(C(C)=O)C(C)(C)C. The van der Waals surface area contributed by atoms with Gasteiger partial charge < -0.3 is 43.0 Å². The van der Waals surface area contributed by atoms with E-state index in [1.807, 2.05) is 25.7 Å². The quantitative estimate of drug-likeness (QED) is 0.0561. The van der Waals surface area contributed by atoms with Gasteiger partial charge >= 0.3 is 29.8 Å². The fourth-order valence-electron chi connectivity index (χ4n) is 6.13. The Labute approximate surface area is 353 Å². The number of rotatable bonds is 28. The standard InChI is InChI=1S/C41H68N4O13S/c1-9-10-11-12-13-14-15-16-17-18-19-20-21-34(47)55-30(3)39(50)57-31(4)40(51)56-29(2)38(49)54-28-35(48)58-33(26-45(32(5)46)41(6,7)8)27-53-37-36(42-59-43-37)44-22-24-52-25-23-44/h29-31,33H,9-28H2,1-8H3/t29-,30-,31-,33-/m0/s1. The summed E-state index contributed by atoms with van der Waals surface area (Å²) in [6, 6.07) is 0. The zero-order valence-electron chi connectivity index (χ0n) is 36.5. The fourth-order valence-corrected chi connectivity index (χ4v) is 6.65. The van der Waals surface area contributed by atoms with Crippen LogP contribution in [-0.4, -0.2) is 125 Å². The van der Waals surface area contributed by atoms with Crippen molar-refractivity contribution in [3.63, 3.8) is 0 Å². The zero-order valence-corrected chi connectivity index (χ0v) is 37.3. The second kappa shape index (κ2) is 27.7. The van der Waals surface area contributed by atoms with Crippen molar-refractivity contribution in [2.75, 3.05) is 51.0 Å². The highest BCUT2D eigenvalue weighted by Gasteiger charge is 2.32. The Morgan fingerprint density at radius 3 is 1.80 bits per heavy atom. The summed E-state index contributed by atoms with van der Waals surface area (Å²) in [7, 11) is 0. The van der Waals surface area contributed by atoms with Crippen LogP contribution in [0.3, 0.4) is 0 Å². The van der Waals surface area contributed by atoms with Crippen molar-refractivity contribution in [3.8, 4) is 5.88 Å². The normalized spacial score (nSPS) is 14.9. The maximum absolute atomic E-state index is 12.9. The third kappa shape index (κ3) is 20.7. The highest BCUT2D eigenvalue weighted by atomic mass is 32.1. The van der Waals surface area contributed by atoms with Gasteiger partial charge in [0.1, 0.15) is 6.61 Å². The molecule has 1 aromatic heterocycles. The molecule has 59 heavy (non-hydrogen) atoms. The minimum absolute atomic E-state index is 0.0369. The number of esters is 5. The van der Waals surface area contributed by atoms with Crippen molar-refractivity contribution in [2.45, 2.75) is 169 Å². The molecule has 18 heteroatoms. The van der Waals surface area contributed by atoms with Crippen molar-refractivity contribution in [2.24, 2.45) is 0 Å². The maximum atomic E-state index is 12.9. The van der Waals surface area contributed by atoms with Crippen LogP contribution < -0.4 is 9.64 Å². The molecule has 1 fully saturated rings. The lowest BCUT2D eigenvalue weighted by Gasteiger charge is -2.37. The minimum atomic E-state index is -1.48. The van der Waals surface area contributed by atoms with E-state index in [-0.39, 0.29) is 31.4 Å². The van der Waals surface area contributed by atoms with Gasteiger partial charge in [-0.15, -0.1) is 4.37 Å². The van der Waals surface area contributed by atoms with Crippen LogP contribution in [0.1, 0.15) is 139 Å². The van der Waals surface area contributed by atoms with E-state index in [0.717, 1.165) is 31.0 Å². The summed E-state index contributed by atoms with van der Waals surface area (Å²) >= 11 is 0.965. The lowest BCUT2D eigenvalue weighted by atomic mass is 10.0. The van der Waals surface area contributed by atoms with Crippen LogP contribution in [0.25, 0.3) is 0 Å². The molecule has 0 saturated carbocycles. The molecule has 0 aromatic carbocycles. The van der Waals surface area contributed by atoms with Crippen molar-refractivity contribution >= 4 is 53.3 Å². The Kier molecular flexibility index (Phi) is 23.9. The van der Waals surface area contributed by atoms with Gasteiger partial charge in [-0.3, -0.25) is 9.59 Å². The third-order valence-electron chi connectivity index (χ3n) is 9.49. The Bertz CT molecular complexity index is 1450. The summed E-state index contributed by atoms with van der Waals surface area (Å²) < 4.78 is 45.9. The Hall–Kier alpha value is -4.06. The minimum Gasteiger partial charge on any atom is -0.470 e. The number of carbonyl (C=O) groups excluding carboxylic acids is 6. The molecule has 1 amide bonds. The molecular weight excluding hydrogens is 789 g/mol. The van der Waals surface area contributed by atoms with Crippen LogP contribution in [0, 0.1) is 0 Å². The Morgan fingerprint density at radius 1 is 0.729 bits per heavy atom. The topological polar surface area (TPSA) is 199 Å². The van der Waals surface area contributed by atoms with Crippen LogP contribution in [0.4, 0.5) is 5.82 Å². The molecule has 0 spiro atoms. The van der Waals surface area contributed by atoms with Gasteiger partial charge in [0.15, 0.2) is 31.0 Å². The van der Waals surface area contributed by atoms with Gasteiger partial charge in [-0.1, -0.05) is 77.6 Å². The molecule has 0 N–H and O–H groups in total. The van der Waals surface area contributed by atoms with Crippen LogP contribution >= 0.6 is 11.7 Å². The molecule has 4 atom stereocenters. The molecule has 0 aliphatic carbocycles. The monoisotopic (exact) mass is 856 g/mol. The lowest BCUT2D eigenvalue weighted by Crippen LogP contribution is -2.50. The zero-order chi connectivity index (χ0) is 43.8. The summed E-state index contributed by atoms with van der Waals surface area (Å²) in [6.07, 6.45) is 8.93. The molecular formula is C41H68N4O13S. The molecule has 0 unspecified atom stereocenters. The average molecular weight is 857 g/mol. The molecule has 1 aliphatic heterocycles. The molecule has 17 nitrogen and oxygen atoms in total. The summed E-state index contributed by atoms with van der Waals surface area (Å²) in [4.78, 5) is 79.0.